The number of likely N-dealkylation sites (tertiary alicyclic amines) is 1. The summed E-state index contributed by atoms with van der Waals surface area (Å²) in [5.74, 6) is -1.25. The zero-order valence-corrected chi connectivity index (χ0v) is 16.1. The summed E-state index contributed by atoms with van der Waals surface area (Å²) in [5.41, 5.74) is 2.19. The Hall–Kier alpha value is -1.32. The number of hydrogen-bond acceptors (Lipinski definition) is 4. The van der Waals surface area contributed by atoms with Crippen LogP contribution in [-0.4, -0.2) is 57.0 Å². The molecule has 27 heavy (non-hydrogen) atoms. The first kappa shape index (κ1) is 20.4. The highest BCUT2D eigenvalue weighted by Gasteiger charge is 2.41. The summed E-state index contributed by atoms with van der Waals surface area (Å²) in [7, 11) is -3.34. The molecule has 0 radical (unpaired) electrons. The number of aliphatic hydroxyl groups is 1. The van der Waals surface area contributed by atoms with Crippen molar-refractivity contribution in [2.45, 2.75) is 38.0 Å². The predicted octanol–water partition coefficient (Wildman–Crippen LogP) is 2.71. The van der Waals surface area contributed by atoms with Crippen molar-refractivity contribution in [3.63, 3.8) is 0 Å². The lowest BCUT2D eigenvalue weighted by molar-refractivity contribution is -0.185. The standard InChI is InChI=1S/C18H25F3N2O3S/c1-27(25,26)23-8-2-3-13-11-14(4-5-16(13)23)17(24)12-22-9-6-15(7-10-22)18(19,20)21/h4-5,11,15,17,24H,2-3,6-10,12H2,1H3/t17-/m1/s1. The Morgan fingerprint density at radius 3 is 2.48 bits per heavy atom. The third kappa shape index (κ3) is 4.75. The molecule has 1 aromatic rings. The van der Waals surface area contributed by atoms with Crippen LogP contribution in [0.25, 0.3) is 0 Å². The molecule has 0 spiro atoms. The van der Waals surface area contributed by atoms with Crippen molar-refractivity contribution in [3.05, 3.63) is 29.3 Å². The maximum absolute atomic E-state index is 12.8. The summed E-state index contributed by atoms with van der Waals surface area (Å²) in [5, 5.41) is 10.5. The van der Waals surface area contributed by atoms with Crippen LogP contribution in [-0.2, 0) is 16.4 Å². The molecule has 9 heteroatoms. The second-order valence-electron chi connectivity index (χ2n) is 7.46. The first-order valence-electron chi connectivity index (χ1n) is 9.13. The molecule has 0 unspecified atom stereocenters. The van der Waals surface area contributed by atoms with Gasteiger partial charge in [0.2, 0.25) is 10.0 Å². The molecule has 2 heterocycles. The number of hydrogen-bond donors (Lipinski definition) is 1. The smallest absolute Gasteiger partial charge is 0.387 e. The van der Waals surface area contributed by atoms with Crippen LogP contribution in [0.4, 0.5) is 18.9 Å². The third-order valence-electron chi connectivity index (χ3n) is 5.45. The first-order valence-corrected chi connectivity index (χ1v) is 11.0. The molecule has 0 aliphatic carbocycles. The van der Waals surface area contributed by atoms with E-state index in [-0.39, 0.29) is 19.4 Å². The van der Waals surface area contributed by atoms with E-state index in [2.05, 4.69) is 0 Å². The average Bonchev–Trinajstić information content (AvgIpc) is 2.59. The van der Waals surface area contributed by atoms with Gasteiger partial charge < -0.3 is 10.0 Å². The van der Waals surface area contributed by atoms with Crippen LogP contribution in [0.2, 0.25) is 0 Å². The fourth-order valence-electron chi connectivity index (χ4n) is 3.93. The minimum atomic E-state index is -4.14. The number of β-amino-alcohol motifs (C(OH)–C–C–N with tert-alkyl or cyclic N) is 1. The van der Waals surface area contributed by atoms with Crippen LogP contribution >= 0.6 is 0 Å². The van der Waals surface area contributed by atoms with Gasteiger partial charge in [0.1, 0.15) is 0 Å². The Morgan fingerprint density at radius 1 is 1.22 bits per heavy atom. The molecule has 1 atom stereocenters. The van der Waals surface area contributed by atoms with Gasteiger partial charge >= 0.3 is 6.18 Å². The normalized spacial score (nSPS) is 21.1. The van der Waals surface area contributed by atoms with Crippen molar-refractivity contribution < 1.29 is 26.7 Å². The number of aliphatic hydroxyl groups excluding tert-OH is 1. The SMILES string of the molecule is CS(=O)(=O)N1CCCc2cc([C@H](O)CN3CCC(C(F)(F)F)CC3)ccc21. The number of benzene rings is 1. The molecule has 152 valence electrons. The minimum absolute atomic E-state index is 0.0593. The van der Waals surface area contributed by atoms with Crippen LogP contribution in [0.1, 0.15) is 36.5 Å². The Balaban J connectivity index is 1.66. The van der Waals surface area contributed by atoms with Gasteiger partial charge in [0.25, 0.3) is 0 Å². The first-order chi connectivity index (χ1) is 12.6. The van der Waals surface area contributed by atoms with E-state index in [9.17, 15) is 26.7 Å². The maximum atomic E-state index is 12.8. The van der Waals surface area contributed by atoms with Crippen molar-refractivity contribution in [2.24, 2.45) is 5.92 Å². The van der Waals surface area contributed by atoms with Crippen molar-refractivity contribution in [3.8, 4) is 0 Å². The Bertz CT molecular complexity index is 775. The van der Waals surface area contributed by atoms with Gasteiger partial charge in [-0.3, -0.25) is 4.31 Å². The van der Waals surface area contributed by atoms with Crippen LogP contribution in [0.5, 0.6) is 0 Å². The summed E-state index contributed by atoms with van der Waals surface area (Å²) in [6, 6.07) is 5.24. The Morgan fingerprint density at radius 2 is 1.89 bits per heavy atom. The molecule has 0 saturated carbocycles. The number of anilines is 1. The van der Waals surface area contributed by atoms with Gasteiger partial charge in [0.05, 0.1) is 24.0 Å². The minimum Gasteiger partial charge on any atom is -0.387 e. The molecule has 1 fully saturated rings. The molecule has 1 saturated heterocycles. The van der Waals surface area contributed by atoms with E-state index in [1.54, 1.807) is 12.1 Å². The van der Waals surface area contributed by atoms with Crippen LogP contribution in [0, 0.1) is 5.92 Å². The number of alkyl halides is 3. The number of halogens is 3. The molecule has 2 aliphatic rings. The molecule has 0 bridgehead atoms. The largest absolute Gasteiger partial charge is 0.391 e. The zero-order valence-electron chi connectivity index (χ0n) is 15.2. The molecule has 1 N–H and O–H groups in total. The second kappa shape index (κ2) is 7.60. The summed E-state index contributed by atoms with van der Waals surface area (Å²) >= 11 is 0. The average molecular weight is 406 g/mol. The number of sulfonamides is 1. The van der Waals surface area contributed by atoms with E-state index in [1.165, 1.54) is 10.6 Å². The van der Waals surface area contributed by atoms with Crippen molar-refractivity contribution in [1.82, 2.24) is 4.90 Å². The van der Waals surface area contributed by atoms with E-state index in [4.69, 9.17) is 0 Å². The number of nitrogens with zero attached hydrogens (tertiary/aromatic N) is 2. The van der Waals surface area contributed by atoms with E-state index in [1.807, 2.05) is 11.0 Å². The molecule has 1 aromatic carbocycles. The highest BCUT2D eigenvalue weighted by atomic mass is 32.2. The quantitative estimate of drug-likeness (QED) is 0.835. The van der Waals surface area contributed by atoms with Crippen molar-refractivity contribution in [2.75, 3.05) is 36.7 Å². The number of rotatable bonds is 4. The summed E-state index contributed by atoms with van der Waals surface area (Å²) in [6.45, 7) is 1.35. The molecule has 0 aromatic heterocycles. The molecular weight excluding hydrogens is 381 g/mol. The summed E-state index contributed by atoms with van der Waals surface area (Å²) < 4.78 is 63.5. The van der Waals surface area contributed by atoms with Crippen LogP contribution < -0.4 is 4.31 Å². The number of piperidine rings is 1. The van der Waals surface area contributed by atoms with Crippen LogP contribution in [0.15, 0.2) is 18.2 Å². The van der Waals surface area contributed by atoms with E-state index < -0.39 is 28.2 Å². The number of aryl methyl sites for hydroxylation is 1. The predicted molar refractivity (Wildman–Crippen MR) is 97.1 cm³/mol. The van der Waals surface area contributed by atoms with Gasteiger partial charge in [-0.2, -0.15) is 13.2 Å². The topological polar surface area (TPSA) is 60.9 Å². The Kier molecular flexibility index (Phi) is 5.74. The van der Waals surface area contributed by atoms with Crippen LogP contribution in [0.3, 0.4) is 0 Å². The molecule has 5 nitrogen and oxygen atoms in total. The molecular formula is C18H25F3N2O3S. The van der Waals surface area contributed by atoms with Gasteiger partial charge in [-0.05, 0) is 56.0 Å². The highest BCUT2D eigenvalue weighted by Crippen LogP contribution is 2.35. The van der Waals surface area contributed by atoms with Crippen molar-refractivity contribution in [1.29, 1.82) is 0 Å². The van der Waals surface area contributed by atoms with Gasteiger partial charge in [-0.15, -0.1) is 0 Å². The Labute approximate surface area is 157 Å². The third-order valence-corrected chi connectivity index (χ3v) is 6.63. The molecule has 2 aliphatic heterocycles. The fourth-order valence-corrected chi connectivity index (χ4v) is 4.92. The second-order valence-corrected chi connectivity index (χ2v) is 9.37. The molecule has 0 amide bonds. The zero-order chi connectivity index (χ0) is 19.8. The van der Waals surface area contributed by atoms with E-state index >= 15 is 0 Å². The summed E-state index contributed by atoms with van der Waals surface area (Å²) in [6.07, 6.45) is -2.22. The molecule has 3 rings (SSSR count). The van der Waals surface area contributed by atoms with Gasteiger partial charge in [-0.1, -0.05) is 12.1 Å². The summed E-state index contributed by atoms with van der Waals surface area (Å²) in [4.78, 5) is 1.86. The van der Waals surface area contributed by atoms with Gasteiger partial charge in [0.15, 0.2) is 0 Å². The lowest BCUT2D eigenvalue weighted by Gasteiger charge is -2.34. The van der Waals surface area contributed by atoms with E-state index in [0.717, 1.165) is 12.0 Å². The number of fused-ring (bicyclic) bond motifs is 1. The van der Waals surface area contributed by atoms with Crippen molar-refractivity contribution >= 4 is 15.7 Å². The van der Waals surface area contributed by atoms with E-state index in [0.29, 0.717) is 37.3 Å². The van der Waals surface area contributed by atoms with Gasteiger partial charge in [-0.25, -0.2) is 8.42 Å². The monoisotopic (exact) mass is 406 g/mol. The maximum Gasteiger partial charge on any atom is 0.391 e. The lowest BCUT2D eigenvalue weighted by Crippen LogP contribution is -2.40. The van der Waals surface area contributed by atoms with Gasteiger partial charge in [0, 0.05) is 13.1 Å². The highest BCUT2D eigenvalue weighted by molar-refractivity contribution is 7.92. The lowest BCUT2D eigenvalue weighted by atomic mass is 9.95. The fraction of sp³-hybridized carbons (Fsp3) is 0.667.